The van der Waals surface area contributed by atoms with Gasteiger partial charge >= 0.3 is 0 Å². The SMILES string of the molecule is CCCCCC(CC)(Pc1ccccc1CN(C)C)c1cc(C(C)(C)C)cc(C)c1O. The molecule has 0 spiro atoms. The van der Waals surface area contributed by atoms with E-state index in [0.29, 0.717) is 14.3 Å². The van der Waals surface area contributed by atoms with E-state index in [0.717, 1.165) is 30.5 Å². The lowest BCUT2D eigenvalue weighted by Crippen LogP contribution is -2.26. The van der Waals surface area contributed by atoms with Crippen LogP contribution < -0.4 is 5.30 Å². The monoisotopic (exact) mass is 441 g/mol. The molecule has 1 N–H and O–H groups in total. The van der Waals surface area contributed by atoms with Gasteiger partial charge in [0.1, 0.15) is 5.75 Å². The molecule has 0 aliphatic carbocycles. The molecule has 2 rings (SSSR count). The van der Waals surface area contributed by atoms with Crippen LogP contribution in [0.4, 0.5) is 0 Å². The second-order valence-electron chi connectivity index (χ2n) is 10.4. The fourth-order valence-electron chi connectivity index (χ4n) is 4.35. The summed E-state index contributed by atoms with van der Waals surface area (Å²) < 4.78 is 0. The first-order valence-corrected chi connectivity index (χ1v) is 12.9. The van der Waals surface area contributed by atoms with Crippen LogP contribution in [0.1, 0.15) is 89.0 Å². The molecule has 2 nitrogen and oxygen atoms in total. The van der Waals surface area contributed by atoms with E-state index in [4.69, 9.17) is 0 Å². The van der Waals surface area contributed by atoms with Gasteiger partial charge in [0, 0.05) is 17.3 Å². The molecule has 0 aliphatic heterocycles. The summed E-state index contributed by atoms with van der Waals surface area (Å²) in [5.41, 5.74) is 4.94. The number of hydrogen-bond donors (Lipinski definition) is 1. The molecule has 0 aromatic heterocycles. The second kappa shape index (κ2) is 11.0. The molecule has 0 fully saturated rings. The van der Waals surface area contributed by atoms with Crippen molar-refractivity contribution in [3.05, 3.63) is 58.7 Å². The summed E-state index contributed by atoms with van der Waals surface area (Å²) in [6.45, 7) is 14.4. The third kappa shape index (κ3) is 6.56. The topological polar surface area (TPSA) is 23.5 Å². The van der Waals surface area contributed by atoms with E-state index in [1.165, 1.54) is 35.7 Å². The van der Waals surface area contributed by atoms with Gasteiger partial charge in [0.15, 0.2) is 0 Å². The quantitative estimate of drug-likeness (QED) is 0.310. The molecule has 2 aromatic rings. The largest absolute Gasteiger partial charge is 0.507 e. The van der Waals surface area contributed by atoms with E-state index in [-0.39, 0.29) is 10.6 Å². The lowest BCUT2D eigenvalue weighted by molar-refractivity contribution is 0.403. The van der Waals surface area contributed by atoms with Crippen LogP contribution in [0.15, 0.2) is 36.4 Å². The van der Waals surface area contributed by atoms with Gasteiger partial charge in [0.25, 0.3) is 0 Å². The normalized spacial score (nSPS) is 14.5. The number of phenols is 1. The van der Waals surface area contributed by atoms with Crippen LogP contribution in [-0.4, -0.2) is 24.1 Å². The summed E-state index contributed by atoms with van der Waals surface area (Å²) in [6.07, 6.45) is 5.81. The zero-order valence-corrected chi connectivity index (χ0v) is 22.1. The minimum Gasteiger partial charge on any atom is -0.507 e. The molecule has 31 heavy (non-hydrogen) atoms. The van der Waals surface area contributed by atoms with Crippen molar-refractivity contribution in [1.82, 2.24) is 4.90 Å². The van der Waals surface area contributed by atoms with Crippen LogP contribution >= 0.6 is 8.58 Å². The van der Waals surface area contributed by atoms with Gasteiger partial charge in [0.05, 0.1) is 0 Å². The maximum Gasteiger partial charge on any atom is 0.122 e. The number of rotatable bonds is 10. The van der Waals surface area contributed by atoms with Crippen molar-refractivity contribution in [2.75, 3.05) is 14.1 Å². The van der Waals surface area contributed by atoms with E-state index in [9.17, 15) is 5.11 Å². The molecule has 0 heterocycles. The highest BCUT2D eigenvalue weighted by atomic mass is 31.1. The van der Waals surface area contributed by atoms with E-state index in [1.807, 2.05) is 0 Å². The average Bonchev–Trinajstić information content (AvgIpc) is 2.69. The summed E-state index contributed by atoms with van der Waals surface area (Å²) in [7, 11) is 4.91. The molecule has 0 saturated carbocycles. The van der Waals surface area contributed by atoms with Gasteiger partial charge in [-0.15, -0.1) is 0 Å². The molecule has 172 valence electrons. The predicted molar refractivity (Wildman–Crippen MR) is 139 cm³/mol. The van der Waals surface area contributed by atoms with E-state index in [1.54, 1.807) is 0 Å². The molecule has 0 amide bonds. The highest BCUT2D eigenvalue weighted by molar-refractivity contribution is 7.48. The van der Waals surface area contributed by atoms with Crippen LogP contribution in [0.5, 0.6) is 5.75 Å². The van der Waals surface area contributed by atoms with Gasteiger partial charge in [-0.1, -0.05) is 98.9 Å². The smallest absolute Gasteiger partial charge is 0.122 e. The van der Waals surface area contributed by atoms with Crippen molar-refractivity contribution < 1.29 is 5.11 Å². The molecule has 3 heteroatoms. The first-order valence-electron chi connectivity index (χ1n) is 11.9. The van der Waals surface area contributed by atoms with Gasteiger partial charge in [-0.25, -0.2) is 0 Å². The Morgan fingerprint density at radius 2 is 1.68 bits per heavy atom. The van der Waals surface area contributed by atoms with Gasteiger partial charge in [-0.2, -0.15) is 0 Å². The first kappa shape index (κ1) is 25.9. The standard InChI is InChI=1S/C28H44NOP/c1-9-11-14-17-28(10-2,31-25-16-13-12-15-22(25)20-29(7)8)24-19-23(27(4,5)6)18-21(3)26(24)30/h12-13,15-16,18-19,30-31H,9-11,14,17,20H2,1-8H3. The Labute approximate surface area is 193 Å². The maximum atomic E-state index is 11.3. The van der Waals surface area contributed by atoms with Crippen molar-refractivity contribution in [2.45, 2.75) is 90.8 Å². The van der Waals surface area contributed by atoms with E-state index >= 15 is 0 Å². The lowest BCUT2D eigenvalue weighted by Gasteiger charge is -2.37. The molecule has 0 bridgehead atoms. The Morgan fingerprint density at radius 3 is 2.26 bits per heavy atom. The summed E-state index contributed by atoms with van der Waals surface area (Å²) in [5.74, 6) is 0.504. The average molecular weight is 442 g/mol. The molecule has 0 radical (unpaired) electrons. The number of aromatic hydroxyl groups is 1. The number of unbranched alkanes of at least 4 members (excludes halogenated alkanes) is 2. The summed E-state index contributed by atoms with van der Waals surface area (Å²) in [4.78, 5) is 2.25. The van der Waals surface area contributed by atoms with E-state index < -0.39 is 0 Å². The van der Waals surface area contributed by atoms with Gasteiger partial charge in [-0.05, 0) is 61.3 Å². The fourth-order valence-corrected chi connectivity index (χ4v) is 6.17. The maximum absolute atomic E-state index is 11.3. The summed E-state index contributed by atoms with van der Waals surface area (Å²) in [5, 5.41) is 12.7. The molecular formula is C28H44NOP. The van der Waals surface area contributed by atoms with Gasteiger partial charge < -0.3 is 10.0 Å². The van der Waals surface area contributed by atoms with E-state index in [2.05, 4.69) is 96.9 Å². The van der Waals surface area contributed by atoms with Crippen LogP contribution in [-0.2, 0) is 17.1 Å². The van der Waals surface area contributed by atoms with Crippen molar-refractivity contribution in [3.63, 3.8) is 0 Å². The molecule has 2 unspecified atom stereocenters. The van der Waals surface area contributed by atoms with Crippen molar-refractivity contribution in [1.29, 1.82) is 0 Å². The highest BCUT2D eigenvalue weighted by Gasteiger charge is 2.35. The molecule has 2 aromatic carbocycles. The second-order valence-corrected chi connectivity index (χ2v) is 12.1. The Hall–Kier alpha value is -1.37. The first-order chi connectivity index (χ1) is 14.5. The number of aryl methyl sites for hydroxylation is 1. The zero-order valence-electron chi connectivity index (χ0n) is 21.1. The van der Waals surface area contributed by atoms with Crippen LogP contribution in [0.2, 0.25) is 0 Å². The number of hydrogen-bond acceptors (Lipinski definition) is 2. The summed E-state index contributed by atoms with van der Waals surface area (Å²) in [6, 6.07) is 13.4. The lowest BCUT2D eigenvalue weighted by atomic mass is 9.80. The van der Waals surface area contributed by atoms with Crippen molar-refractivity contribution in [3.8, 4) is 5.75 Å². The Kier molecular flexibility index (Phi) is 9.16. The number of nitrogens with zero attached hydrogens (tertiary/aromatic N) is 1. The van der Waals surface area contributed by atoms with Crippen LogP contribution in [0, 0.1) is 6.92 Å². The fraction of sp³-hybridized carbons (Fsp3) is 0.571. The Morgan fingerprint density at radius 1 is 1.00 bits per heavy atom. The Bertz CT molecular complexity index is 853. The molecule has 0 aliphatic rings. The predicted octanol–water partition coefficient (Wildman–Crippen LogP) is 7.25. The van der Waals surface area contributed by atoms with Crippen LogP contribution in [0.25, 0.3) is 0 Å². The third-order valence-electron chi connectivity index (χ3n) is 6.37. The Balaban J connectivity index is 2.65. The molecular weight excluding hydrogens is 397 g/mol. The number of benzene rings is 2. The highest BCUT2D eigenvalue weighted by Crippen LogP contribution is 2.52. The molecule has 2 atom stereocenters. The minimum atomic E-state index is -0.0340. The third-order valence-corrected chi connectivity index (χ3v) is 8.48. The van der Waals surface area contributed by atoms with Crippen LogP contribution in [0.3, 0.4) is 0 Å². The van der Waals surface area contributed by atoms with Gasteiger partial charge in [0.2, 0.25) is 0 Å². The van der Waals surface area contributed by atoms with Crippen molar-refractivity contribution in [2.24, 2.45) is 0 Å². The minimum absolute atomic E-state index is 0.0340. The van der Waals surface area contributed by atoms with Gasteiger partial charge in [-0.3, -0.25) is 0 Å². The summed E-state index contributed by atoms with van der Waals surface area (Å²) >= 11 is 0. The molecule has 0 saturated heterocycles. The van der Waals surface area contributed by atoms with Crippen molar-refractivity contribution >= 4 is 13.9 Å². The zero-order chi connectivity index (χ0) is 23.2. The number of phenolic OH excluding ortho intramolecular Hbond substituents is 1.